The molecule has 0 saturated carbocycles. The van der Waals surface area contributed by atoms with E-state index in [2.05, 4.69) is 69.1 Å². The van der Waals surface area contributed by atoms with Crippen LogP contribution in [0.1, 0.15) is 69.0 Å². The highest BCUT2D eigenvalue weighted by atomic mass is 16.5. The van der Waals surface area contributed by atoms with Gasteiger partial charge in [0, 0.05) is 5.69 Å². The van der Waals surface area contributed by atoms with Crippen LogP contribution in [0.5, 0.6) is 5.75 Å². The summed E-state index contributed by atoms with van der Waals surface area (Å²) in [6.07, 6.45) is 5.93. The van der Waals surface area contributed by atoms with Gasteiger partial charge in [-0.2, -0.15) is 5.10 Å². The Morgan fingerprint density at radius 1 is 0.958 bits per heavy atom. The predicted molar refractivity (Wildman–Crippen MR) is 101 cm³/mol. The number of nitrogens with zero attached hydrogens (tertiary/aromatic N) is 1. The molecule has 0 amide bonds. The third kappa shape index (κ3) is 5.40. The first-order chi connectivity index (χ1) is 11.4. The van der Waals surface area contributed by atoms with E-state index in [9.17, 15) is 0 Å². The van der Waals surface area contributed by atoms with Crippen molar-refractivity contribution in [1.82, 2.24) is 10.2 Å². The summed E-state index contributed by atoms with van der Waals surface area (Å²) in [6, 6.07) is 8.52. The number of aryl methyl sites for hydroxylation is 2. The highest BCUT2D eigenvalue weighted by Gasteiger charge is 2.12. The average molecular weight is 329 g/mol. The van der Waals surface area contributed by atoms with Gasteiger partial charge in [-0.1, -0.05) is 45.7 Å². The molecule has 1 N–H and O–H groups in total. The number of aromatic nitrogens is 2. The first kappa shape index (κ1) is 18.6. The number of nitrogens with one attached hydrogen (secondary N) is 1. The van der Waals surface area contributed by atoms with Crippen LogP contribution in [0, 0.1) is 13.8 Å². The van der Waals surface area contributed by atoms with Crippen LogP contribution >= 0.6 is 0 Å². The Kier molecular flexibility index (Phi) is 6.47. The number of ether oxygens (including phenoxy) is 1. The van der Waals surface area contributed by atoms with E-state index in [1.807, 2.05) is 0 Å². The van der Waals surface area contributed by atoms with E-state index in [1.54, 1.807) is 0 Å². The molecule has 0 unspecified atom stereocenters. The lowest BCUT2D eigenvalue weighted by Gasteiger charge is -2.19. The third-order valence-electron chi connectivity index (χ3n) is 4.59. The summed E-state index contributed by atoms with van der Waals surface area (Å²) in [5, 5.41) is 7.31. The maximum Gasteiger partial charge on any atom is 0.119 e. The third-order valence-corrected chi connectivity index (χ3v) is 4.59. The summed E-state index contributed by atoms with van der Waals surface area (Å²) in [4.78, 5) is 0. The van der Waals surface area contributed by atoms with Crippen LogP contribution in [-0.4, -0.2) is 16.8 Å². The van der Waals surface area contributed by atoms with Crippen LogP contribution in [-0.2, 0) is 11.8 Å². The van der Waals surface area contributed by atoms with Gasteiger partial charge in [0.2, 0.25) is 0 Å². The largest absolute Gasteiger partial charge is 0.494 e. The minimum absolute atomic E-state index is 0.199. The number of H-pyrrole nitrogens is 1. The van der Waals surface area contributed by atoms with Crippen LogP contribution in [0.2, 0.25) is 0 Å². The molecule has 3 heteroatoms. The van der Waals surface area contributed by atoms with E-state index < -0.39 is 0 Å². The van der Waals surface area contributed by atoms with Crippen molar-refractivity contribution in [2.24, 2.45) is 0 Å². The first-order valence-electron chi connectivity index (χ1n) is 9.11. The Hall–Kier alpha value is -1.77. The Bertz CT molecular complexity index is 601. The summed E-state index contributed by atoms with van der Waals surface area (Å²) in [6.45, 7) is 11.7. The number of aromatic amines is 1. The van der Waals surface area contributed by atoms with Crippen molar-refractivity contribution in [3.63, 3.8) is 0 Å². The molecule has 0 atom stereocenters. The summed E-state index contributed by atoms with van der Waals surface area (Å²) < 4.78 is 5.85. The second-order valence-corrected chi connectivity index (χ2v) is 7.70. The van der Waals surface area contributed by atoms with Gasteiger partial charge >= 0.3 is 0 Å². The molecule has 0 aliphatic rings. The Labute approximate surface area is 146 Å². The van der Waals surface area contributed by atoms with Gasteiger partial charge in [0.15, 0.2) is 0 Å². The van der Waals surface area contributed by atoms with Crippen molar-refractivity contribution in [2.75, 3.05) is 6.61 Å². The van der Waals surface area contributed by atoms with Gasteiger partial charge in [0.25, 0.3) is 0 Å². The average Bonchev–Trinajstić information content (AvgIpc) is 2.85. The lowest BCUT2D eigenvalue weighted by Crippen LogP contribution is -2.10. The number of hydrogen-bond acceptors (Lipinski definition) is 2. The monoisotopic (exact) mass is 328 g/mol. The second kappa shape index (κ2) is 8.36. The van der Waals surface area contributed by atoms with Crippen molar-refractivity contribution in [2.45, 2.75) is 72.1 Å². The quantitative estimate of drug-likeness (QED) is 0.649. The van der Waals surface area contributed by atoms with Gasteiger partial charge in [-0.15, -0.1) is 0 Å². The van der Waals surface area contributed by atoms with Crippen molar-refractivity contribution < 1.29 is 4.74 Å². The lowest BCUT2D eigenvalue weighted by molar-refractivity contribution is 0.304. The first-order valence-corrected chi connectivity index (χ1v) is 9.11. The normalized spacial score (nSPS) is 11.7. The molecule has 0 radical (unpaired) electrons. The number of rotatable bonds is 8. The molecule has 0 bridgehead atoms. The van der Waals surface area contributed by atoms with Gasteiger partial charge in [-0.3, -0.25) is 5.10 Å². The molecule has 0 aliphatic heterocycles. The lowest BCUT2D eigenvalue weighted by atomic mass is 9.87. The van der Waals surface area contributed by atoms with Crippen LogP contribution in [0.3, 0.4) is 0 Å². The summed E-state index contributed by atoms with van der Waals surface area (Å²) in [5.41, 5.74) is 5.30. The fraction of sp³-hybridized carbons (Fsp3) is 0.571. The van der Waals surface area contributed by atoms with Crippen LogP contribution in [0.25, 0.3) is 0 Å². The minimum Gasteiger partial charge on any atom is -0.494 e. The fourth-order valence-corrected chi connectivity index (χ4v) is 2.94. The van der Waals surface area contributed by atoms with Crippen molar-refractivity contribution in [1.29, 1.82) is 0 Å². The molecule has 2 rings (SSSR count). The second-order valence-electron chi connectivity index (χ2n) is 7.70. The fourth-order valence-electron chi connectivity index (χ4n) is 2.94. The van der Waals surface area contributed by atoms with Crippen LogP contribution in [0.15, 0.2) is 24.3 Å². The maximum absolute atomic E-state index is 5.85. The maximum atomic E-state index is 5.85. The molecule has 0 fully saturated rings. The Morgan fingerprint density at radius 2 is 1.62 bits per heavy atom. The van der Waals surface area contributed by atoms with E-state index in [0.717, 1.165) is 30.9 Å². The molecule has 2 aromatic rings. The zero-order chi connectivity index (χ0) is 17.6. The Morgan fingerprint density at radius 3 is 2.21 bits per heavy atom. The number of benzene rings is 1. The molecular formula is C21H32N2O. The molecule has 0 aliphatic carbocycles. The van der Waals surface area contributed by atoms with Gasteiger partial charge in [0.05, 0.1) is 12.3 Å². The molecule has 1 heterocycles. The van der Waals surface area contributed by atoms with Gasteiger partial charge in [0.1, 0.15) is 5.75 Å². The van der Waals surface area contributed by atoms with E-state index in [-0.39, 0.29) is 5.41 Å². The molecule has 132 valence electrons. The molecular weight excluding hydrogens is 296 g/mol. The number of hydrogen-bond donors (Lipinski definition) is 1. The zero-order valence-corrected chi connectivity index (χ0v) is 15.9. The molecule has 24 heavy (non-hydrogen) atoms. The predicted octanol–water partition coefficient (Wildman–Crippen LogP) is 5.51. The van der Waals surface area contributed by atoms with Crippen molar-refractivity contribution >= 4 is 0 Å². The van der Waals surface area contributed by atoms with Gasteiger partial charge < -0.3 is 4.74 Å². The van der Waals surface area contributed by atoms with Gasteiger partial charge in [-0.05, 0) is 61.8 Å². The summed E-state index contributed by atoms with van der Waals surface area (Å²) >= 11 is 0. The highest BCUT2D eigenvalue weighted by molar-refractivity contribution is 5.31. The van der Waals surface area contributed by atoms with E-state index in [0.29, 0.717) is 0 Å². The topological polar surface area (TPSA) is 37.9 Å². The van der Waals surface area contributed by atoms with Crippen molar-refractivity contribution in [3.05, 3.63) is 46.8 Å². The highest BCUT2D eigenvalue weighted by Crippen LogP contribution is 2.24. The van der Waals surface area contributed by atoms with E-state index in [1.165, 1.54) is 36.1 Å². The molecule has 1 aromatic heterocycles. The summed E-state index contributed by atoms with van der Waals surface area (Å²) in [7, 11) is 0. The molecule has 3 nitrogen and oxygen atoms in total. The number of unbranched alkanes of at least 4 members (excludes halogenated alkanes) is 3. The van der Waals surface area contributed by atoms with Crippen LogP contribution in [0.4, 0.5) is 0 Å². The van der Waals surface area contributed by atoms with Crippen LogP contribution < -0.4 is 4.74 Å². The Balaban J connectivity index is 1.60. The SMILES string of the molecule is Cc1n[nH]c(C)c1CCCCCCOc1ccc(C(C)(C)C)cc1. The molecule has 1 aromatic carbocycles. The van der Waals surface area contributed by atoms with E-state index >= 15 is 0 Å². The standard InChI is InChI=1S/C21H32N2O/c1-16-20(17(2)23-22-16)10-8-6-7-9-15-24-19-13-11-18(12-14-19)21(3,4)5/h11-14H,6-10,15H2,1-5H3,(H,22,23). The smallest absolute Gasteiger partial charge is 0.119 e. The van der Waals surface area contributed by atoms with Crippen molar-refractivity contribution in [3.8, 4) is 5.75 Å². The molecule has 0 spiro atoms. The molecule has 0 saturated heterocycles. The van der Waals surface area contributed by atoms with E-state index in [4.69, 9.17) is 4.74 Å². The minimum atomic E-state index is 0.199. The summed E-state index contributed by atoms with van der Waals surface area (Å²) in [5.74, 6) is 0.979. The zero-order valence-electron chi connectivity index (χ0n) is 15.9. The van der Waals surface area contributed by atoms with Gasteiger partial charge in [-0.25, -0.2) is 0 Å².